The van der Waals surface area contributed by atoms with Crippen molar-refractivity contribution in [2.75, 3.05) is 0 Å². The van der Waals surface area contributed by atoms with E-state index in [9.17, 15) is 4.79 Å². The van der Waals surface area contributed by atoms with Gasteiger partial charge in [0.1, 0.15) is 0 Å². The zero-order valence-electron chi connectivity index (χ0n) is 11.1. The van der Waals surface area contributed by atoms with Gasteiger partial charge in [-0.05, 0) is 37.5 Å². The molecular weight excluding hydrogens is 230 g/mol. The topological polar surface area (TPSA) is 20.3 Å². The van der Waals surface area contributed by atoms with Gasteiger partial charge >= 0.3 is 0 Å². The highest BCUT2D eigenvalue weighted by Crippen LogP contribution is 2.40. The predicted octanol–water partition coefficient (Wildman–Crippen LogP) is 4.11. The molecule has 0 aromatic rings. The van der Waals surface area contributed by atoms with Gasteiger partial charge in [0, 0.05) is 12.1 Å². The summed E-state index contributed by atoms with van der Waals surface area (Å²) >= 11 is 4.14. The minimum atomic E-state index is 0.00639. The van der Waals surface area contributed by atoms with Gasteiger partial charge in [0.2, 0.25) is 0 Å². The summed E-state index contributed by atoms with van der Waals surface area (Å²) in [6, 6.07) is 0.922. The molecule has 2 rings (SSSR count). The minimum Gasteiger partial charge on any atom is -0.327 e. The van der Waals surface area contributed by atoms with Crippen LogP contribution in [0.4, 0.5) is 4.79 Å². The number of rotatable bonds is 2. The summed E-state index contributed by atoms with van der Waals surface area (Å²) in [4.78, 5) is 14.0. The van der Waals surface area contributed by atoms with Crippen LogP contribution in [0, 0.1) is 11.8 Å². The van der Waals surface area contributed by atoms with Crippen LogP contribution >= 0.6 is 12.6 Å². The lowest BCUT2D eigenvalue weighted by atomic mass is 9.74. The summed E-state index contributed by atoms with van der Waals surface area (Å²) in [5, 5.41) is 0.00639. The number of nitrogens with zero attached hydrogens (tertiary/aromatic N) is 1. The van der Waals surface area contributed by atoms with Gasteiger partial charge in [-0.2, -0.15) is 0 Å². The molecule has 0 N–H and O–H groups in total. The van der Waals surface area contributed by atoms with E-state index in [1.54, 1.807) is 0 Å². The molecule has 1 aliphatic carbocycles. The highest BCUT2D eigenvalue weighted by atomic mass is 32.1. The summed E-state index contributed by atoms with van der Waals surface area (Å²) in [5.74, 6) is 1.36. The Hall–Kier alpha value is -0.180. The van der Waals surface area contributed by atoms with Crippen molar-refractivity contribution in [3.05, 3.63) is 0 Å². The van der Waals surface area contributed by atoms with Gasteiger partial charge in [-0.1, -0.05) is 45.7 Å². The average Bonchev–Trinajstić information content (AvgIpc) is 2.36. The Morgan fingerprint density at radius 1 is 1.29 bits per heavy atom. The first kappa shape index (κ1) is 13.3. The molecule has 1 aliphatic heterocycles. The zero-order chi connectivity index (χ0) is 12.4. The first-order chi connectivity index (χ1) is 8.15. The molecule has 1 saturated heterocycles. The van der Waals surface area contributed by atoms with Crippen molar-refractivity contribution in [1.29, 1.82) is 0 Å². The van der Waals surface area contributed by atoms with E-state index in [0.29, 0.717) is 18.0 Å². The largest absolute Gasteiger partial charge is 0.327 e. The van der Waals surface area contributed by atoms with Crippen LogP contribution in [0.2, 0.25) is 0 Å². The maximum Gasteiger partial charge on any atom is 0.279 e. The fourth-order valence-electron chi connectivity index (χ4n) is 3.78. The second kappa shape index (κ2) is 5.64. The van der Waals surface area contributed by atoms with E-state index < -0.39 is 0 Å². The van der Waals surface area contributed by atoms with Crippen LogP contribution in [-0.4, -0.2) is 22.2 Å². The molecule has 98 valence electrons. The molecule has 1 saturated carbocycles. The van der Waals surface area contributed by atoms with Gasteiger partial charge in [0.15, 0.2) is 0 Å². The van der Waals surface area contributed by atoms with E-state index in [1.165, 1.54) is 38.5 Å². The Kier molecular flexibility index (Phi) is 4.40. The summed E-state index contributed by atoms with van der Waals surface area (Å²) in [6.45, 7) is 4.50. The molecular formula is C14H25NOS. The van der Waals surface area contributed by atoms with Crippen LogP contribution in [-0.2, 0) is 0 Å². The summed E-state index contributed by atoms with van der Waals surface area (Å²) in [7, 11) is 0. The van der Waals surface area contributed by atoms with Crippen molar-refractivity contribution in [2.45, 2.75) is 70.9 Å². The summed E-state index contributed by atoms with van der Waals surface area (Å²) in [5.41, 5.74) is 0. The molecule has 0 spiro atoms. The van der Waals surface area contributed by atoms with E-state index in [0.717, 1.165) is 12.3 Å². The minimum absolute atomic E-state index is 0.00639. The number of carbonyl (C=O) groups is 1. The Labute approximate surface area is 111 Å². The van der Waals surface area contributed by atoms with Crippen molar-refractivity contribution in [2.24, 2.45) is 11.8 Å². The Bertz CT molecular complexity index is 279. The summed E-state index contributed by atoms with van der Waals surface area (Å²) < 4.78 is 0. The van der Waals surface area contributed by atoms with E-state index in [-0.39, 0.29) is 5.24 Å². The van der Waals surface area contributed by atoms with Gasteiger partial charge in [-0.25, -0.2) is 0 Å². The Balaban J connectivity index is 2.16. The quantitative estimate of drug-likeness (QED) is 0.736. The van der Waals surface area contributed by atoms with Crippen molar-refractivity contribution in [3.8, 4) is 0 Å². The monoisotopic (exact) mass is 255 g/mol. The molecule has 0 aromatic heterocycles. The molecule has 17 heavy (non-hydrogen) atoms. The number of hydrogen-bond donors (Lipinski definition) is 1. The van der Waals surface area contributed by atoms with Gasteiger partial charge in [0.05, 0.1) is 0 Å². The number of carbonyl (C=O) groups excluding carboxylic acids is 1. The maximum atomic E-state index is 11.9. The highest BCUT2D eigenvalue weighted by molar-refractivity contribution is 7.96. The van der Waals surface area contributed by atoms with Crippen LogP contribution in [0.1, 0.15) is 58.8 Å². The number of piperidine rings is 1. The Morgan fingerprint density at radius 3 is 2.65 bits per heavy atom. The lowest BCUT2D eigenvalue weighted by Crippen LogP contribution is -2.55. The number of thiol groups is 1. The van der Waals surface area contributed by atoms with Crippen LogP contribution in [0.25, 0.3) is 0 Å². The standard InChI is InChI=1S/C14H25NOS/c1-3-10(2)12-9-8-11-6-4-5-7-13(11)15(12)14(16)17/h10-13H,3-9H2,1-2H3,(H,16,17). The Morgan fingerprint density at radius 2 is 2.00 bits per heavy atom. The summed E-state index contributed by atoms with van der Waals surface area (Å²) in [6.07, 6.45) is 8.80. The normalized spacial score (nSPS) is 35.2. The average molecular weight is 255 g/mol. The van der Waals surface area contributed by atoms with Gasteiger partial charge in [0.25, 0.3) is 5.24 Å². The van der Waals surface area contributed by atoms with Gasteiger partial charge < -0.3 is 4.90 Å². The SMILES string of the molecule is CCC(C)C1CCC2CCCCC2N1C(=O)S. The predicted molar refractivity (Wildman–Crippen MR) is 74.4 cm³/mol. The lowest BCUT2D eigenvalue weighted by Gasteiger charge is -2.49. The van der Waals surface area contributed by atoms with Crippen LogP contribution in [0.3, 0.4) is 0 Å². The zero-order valence-corrected chi connectivity index (χ0v) is 12.0. The van der Waals surface area contributed by atoms with E-state index >= 15 is 0 Å². The maximum absolute atomic E-state index is 11.9. The molecule has 2 aliphatic rings. The second-order valence-corrected chi connectivity index (χ2v) is 6.21. The van der Waals surface area contributed by atoms with Crippen LogP contribution in [0.5, 0.6) is 0 Å². The third kappa shape index (κ3) is 2.64. The number of amides is 1. The van der Waals surface area contributed by atoms with Crippen LogP contribution < -0.4 is 0 Å². The number of fused-ring (bicyclic) bond motifs is 1. The molecule has 0 aromatic carbocycles. The van der Waals surface area contributed by atoms with Crippen LogP contribution in [0.15, 0.2) is 0 Å². The van der Waals surface area contributed by atoms with Crippen molar-refractivity contribution < 1.29 is 4.79 Å². The first-order valence-electron chi connectivity index (χ1n) is 7.16. The fraction of sp³-hybridized carbons (Fsp3) is 0.929. The van der Waals surface area contributed by atoms with E-state index in [2.05, 4.69) is 31.4 Å². The molecule has 3 heteroatoms. The molecule has 2 fully saturated rings. The molecule has 1 heterocycles. The van der Waals surface area contributed by atoms with Crippen molar-refractivity contribution >= 4 is 17.9 Å². The van der Waals surface area contributed by atoms with E-state index in [4.69, 9.17) is 0 Å². The molecule has 1 amide bonds. The van der Waals surface area contributed by atoms with Crippen molar-refractivity contribution in [3.63, 3.8) is 0 Å². The fourth-order valence-corrected chi connectivity index (χ4v) is 4.07. The van der Waals surface area contributed by atoms with E-state index in [1.807, 2.05) is 0 Å². The molecule has 4 atom stereocenters. The second-order valence-electron chi connectivity index (χ2n) is 5.83. The molecule has 4 unspecified atom stereocenters. The lowest BCUT2D eigenvalue weighted by molar-refractivity contribution is 0.0335. The van der Waals surface area contributed by atoms with Gasteiger partial charge in [-0.15, -0.1) is 0 Å². The highest BCUT2D eigenvalue weighted by Gasteiger charge is 2.41. The smallest absolute Gasteiger partial charge is 0.279 e. The molecule has 2 nitrogen and oxygen atoms in total. The molecule has 0 bridgehead atoms. The third-order valence-corrected chi connectivity index (χ3v) is 5.17. The third-order valence-electron chi connectivity index (χ3n) is 4.94. The van der Waals surface area contributed by atoms with Crippen molar-refractivity contribution in [1.82, 2.24) is 4.90 Å². The number of likely N-dealkylation sites (tertiary alicyclic amines) is 1. The van der Waals surface area contributed by atoms with Gasteiger partial charge in [-0.3, -0.25) is 4.79 Å². The number of hydrogen-bond acceptors (Lipinski definition) is 1. The first-order valence-corrected chi connectivity index (χ1v) is 7.61. The molecule has 0 radical (unpaired) electrons.